The minimum Gasteiger partial charge on any atom is -0.366 e. The van der Waals surface area contributed by atoms with Crippen LogP contribution in [0.2, 0.25) is 0 Å². The SMILES string of the molecule is CCc1cc(NCc2cn(C)nc2-c2ccccc2)nc(C)n1. The molecule has 5 nitrogen and oxygen atoms in total. The molecule has 2 aromatic heterocycles. The lowest BCUT2D eigenvalue weighted by Gasteiger charge is -2.08. The van der Waals surface area contributed by atoms with Crippen LogP contribution in [0, 0.1) is 6.92 Å². The van der Waals surface area contributed by atoms with Gasteiger partial charge in [0.25, 0.3) is 0 Å². The van der Waals surface area contributed by atoms with Crippen LogP contribution in [-0.2, 0) is 20.0 Å². The Morgan fingerprint density at radius 3 is 2.65 bits per heavy atom. The third-order valence-electron chi connectivity index (χ3n) is 3.66. The van der Waals surface area contributed by atoms with Crippen molar-refractivity contribution in [3.63, 3.8) is 0 Å². The summed E-state index contributed by atoms with van der Waals surface area (Å²) in [5, 5.41) is 7.98. The Balaban J connectivity index is 1.83. The highest BCUT2D eigenvalue weighted by molar-refractivity contribution is 5.63. The summed E-state index contributed by atoms with van der Waals surface area (Å²) < 4.78 is 1.85. The summed E-state index contributed by atoms with van der Waals surface area (Å²) >= 11 is 0. The highest BCUT2D eigenvalue weighted by Gasteiger charge is 2.10. The van der Waals surface area contributed by atoms with Crippen molar-refractivity contribution in [1.29, 1.82) is 0 Å². The highest BCUT2D eigenvalue weighted by atomic mass is 15.3. The fourth-order valence-electron chi connectivity index (χ4n) is 2.59. The predicted octanol–water partition coefficient (Wildman–Crippen LogP) is 3.36. The van der Waals surface area contributed by atoms with Crippen LogP contribution in [0.15, 0.2) is 42.6 Å². The van der Waals surface area contributed by atoms with Gasteiger partial charge in [-0.2, -0.15) is 5.10 Å². The topological polar surface area (TPSA) is 55.6 Å². The molecule has 1 N–H and O–H groups in total. The van der Waals surface area contributed by atoms with E-state index in [1.807, 2.05) is 49.1 Å². The monoisotopic (exact) mass is 307 g/mol. The van der Waals surface area contributed by atoms with E-state index < -0.39 is 0 Å². The van der Waals surface area contributed by atoms with Gasteiger partial charge in [0.1, 0.15) is 11.6 Å². The van der Waals surface area contributed by atoms with Crippen molar-refractivity contribution in [3.8, 4) is 11.3 Å². The van der Waals surface area contributed by atoms with Gasteiger partial charge in [0, 0.05) is 42.7 Å². The smallest absolute Gasteiger partial charge is 0.130 e. The highest BCUT2D eigenvalue weighted by Crippen LogP contribution is 2.22. The van der Waals surface area contributed by atoms with Gasteiger partial charge in [-0.3, -0.25) is 4.68 Å². The molecule has 0 fully saturated rings. The number of nitrogens with one attached hydrogen (secondary N) is 1. The number of nitrogens with zero attached hydrogens (tertiary/aromatic N) is 4. The summed E-state index contributed by atoms with van der Waals surface area (Å²) in [4.78, 5) is 8.87. The number of aromatic nitrogens is 4. The zero-order valence-corrected chi connectivity index (χ0v) is 13.7. The predicted molar refractivity (Wildman–Crippen MR) is 92.1 cm³/mol. The molecule has 1 aromatic carbocycles. The second-order valence-corrected chi connectivity index (χ2v) is 5.54. The maximum Gasteiger partial charge on any atom is 0.130 e. The van der Waals surface area contributed by atoms with Gasteiger partial charge in [-0.15, -0.1) is 0 Å². The molecule has 0 saturated heterocycles. The number of rotatable bonds is 5. The normalized spacial score (nSPS) is 10.7. The van der Waals surface area contributed by atoms with Crippen LogP contribution in [0.5, 0.6) is 0 Å². The zero-order chi connectivity index (χ0) is 16.2. The maximum absolute atomic E-state index is 4.59. The largest absolute Gasteiger partial charge is 0.366 e. The molecule has 3 rings (SSSR count). The lowest BCUT2D eigenvalue weighted by Crippen LogP contribution is -2.05. The van der Waals surface area contributed by atoms with Crippen LogP contribution in [0.25, 0.3) is 11.3 Å². The fourth-order valence-corrected chi connectivity index (χ4v) is 2.59. The Labute approximate surface area is 136 Å². The molecule has 0 aliphatic heterocycles. The van der Waals surface area contributed by atoms with E-state index in [2.05, 4.69) is 39.4 Å². The van der Waals surface area contributed by atoms with Gasteiger partial charge in [-0.05, 0) is 13.3 Å². The van der Waals surface area contributed by atoms with Crippen molar-refractivity contribution in [2.45, 2.75) is 26.8 Å². The van der Waals surface area contributed by atoms with E-state index in [4.69, 9.17) is 0 Å². The van der Waals surface area contributed by atoms with Gasteiger partial charge in [0.15, 0.2) is 0 Å². The van der Waals surface area contributed by atoms with E-state index in [0.717, 1.165) is 40.6 Å². The summed E-state index contributed by atoms with van der Waals surface area (Å²) in [6.45, 7) is 4.70. The summed E-state index contributed by atoms with van der Waals surface area (Å²) in [5.74, 6) is 1.65. The summed E-state index contributed by atoms with van der Waals surface area (Å²) in [6.07, 6.45) is 2.95. The number of aryl methyl sites for hydroxylation is 3. The first-order valence-electron chi connectivity index (χ1n) is 7.82. The second-order valence-electron chi connectivity index (χ2n) is 5.54. The minimum atomic E-state index is 0.678. The average molecular weight is 307 g/mol. The van der Waals surface area contributed by atoms with Crippen molar-refractivity contribution in [3.05, 3.63) is 59.7 Å². The first-order chi connectivity index (χ1) is 11.2. The molecule has 0 aliphatic carbocycles. The molecule has 0 amide bonds. The lowest BCUT2D eigenvalue weighted by atomic mass is 10.1. The molecule has 0 saturated carbocycles. The molecule has 0 radical (unpaired) electrons. The average Bonchev–Trinajstić information content (AvgIpc) is 2.94. The second kappa shape index (κ2) is 6.60. The molecule has 0 aliphatic rings. The molecule has 0 atom stereocenters. The summed E-state index contributed by atoms with van der Waals surface area (Å²) in [6, 6.07) is 12.2. The Hall–Kier alpha value is -2.69. The van der Waals surface area contributed by atoms with Crippen molar-refractivity contribution in [2.24, 2.45) is 7.05 Å². The van der Waals surface area contributed by atoms with E-state index in [1.54, 1.807) is 0 Å². The molecule has 2 heterocycles. The van der Waals surface area contributed by atoms with Gasteiger partial charge in [-0.1, -0.05) is 37.3 Å². The molecule has 0 bridgehead atoms. The van der Waals surface area contributed by atoms with E-state index in [1.165, 1.54) is 0 Å². The Kier molecular flexibility index (Phi) is 4.37. The van der Waals surface area contributed by atoms with Crippen LogP contribution in [0.3, 0.4) is 0 Å². The fraction of sp³-hybridized carbons (Fsp3) is 0.278. The van der Waals surface area contributed by atoms with Crippen molar-refractivity contribution in [1.82, 2.24) is 19.7 Å². The molecule has 0 unspecified atom stereocenters. The molecule has 3 aromatic rings. The zero-order valence-electron chi connectivity index (χ0n) is 13.7. The maximum atomic E-state index is 4.59. The van der Waals surface area contributed by atoms with Crippen molar-refractivity contribution < 1.29 is 0 Å². The van der Waals surface area contributed by atoms with Gasteiger partial charge in [0.05, 0.1) is 5.69 Å². The van der Waals surface area contributed by atoms with Crippen LogP contribution < -0.4 is 5.32 Å². The molecular weight excluding hydrogens is 286 g/mol. The third kappa shape index (κ3) is 3.56. The van der Waals surface area contributed by atoms with Crippen LogP contribution in [0.1, 0.15) is 24.0 Å². The van der Waals surface area contributed by atoms with Crippen LogP contribution in [-0.4, -0.2) is 19.7 Å². The van der Waals surface area contributed by atoms with Crippen molar-refractivity contribution >= 4 is 5.82 Å². The van der Waals surface area contributed by atoms with Gasteiger partial charge in [-0.25, -0.2) is 9.97 Å². The summed E-state index contributed by atoms with van der Waals surface area (Å²) in [7, 11) is 1.94. The molecule has 23 heavy (non-hydrogen) atoms. The minimum absolute atomic E-state index is 0.678. The van der Waals surface area contributed by atoms with Crippen LogP contribution in [0.4, 0.5) is 5.82 Å². The first-order valence-corrected chi connectivity index (χ1v) is 7.82. The standard InChI is InChI=1S/C18H21N5/c1-4-16-10-17(21-13(2)20-16)19-11-15-12-23(3)22-18(15)14-8-6-5-7-9-14/h5-10,12H,4,11H2,1-3H3,(H,19,20,21). The lowest BCUT2D eigenvalue weighted by molar-refractivity contribution is 0.770. The first kappa shape index (κ1) is 15.2. The van der Waals surface area contributed by atoms with Crippen molar-refractivity contribution in [2.75, 3.05) is 5.32 Å². The molecule has 0 spiro atoms. The van der Waals surface area contributed by atoms with Crippen LogP contribution >= 0.6 is 0 Å². The van der Waals surface area contributed by atoms with Gasteiger partial charge in [0.2, 0.25) is 0 Å². The van der Waals surface area contributed by atoms with E-state index >= 15 is 0 Å². The van der Waals surface area contributed by atoms with Gasteiger partial charge < -0.3 is 5.32 Å². The van der Waals surface area contributed by atoms with Gasteiger partial charge >= 0.3 is 0 Å². The molecule has 5 heteroatoms. The third-order valence-corrected chi connectivity index (χ3v) is 3.66. The van der Waals surface area contributed by atoms with E-state index in [-0.39, 0.29) is 0 Å². The summed E-state index contributed by atoms with van der Waals surface area (Å²) in [5.41, 5.74) is 4.32. The Morgan fingerprint density at radius 2 is 1.91 bits per heavy atom. The quantitative estimate of drug-likeness (QED) is 0.785. The number of hydrogen-bond acceptors (Lipinski definition) is 4. The van der Waals surface area contributed by atoms with E-state index in [9.17, 15) is 0 Å². The molecular formula is C18H21N5. The Bertz CT molecular complexity index is 792. The van der Waals surface area contributed by atoms with E-state index in [0.29, 0.717) is 6.54 Å². The number of anilines is 1. The number of benzene rings is 1. The Morgan fingerprint density at radius 1 is 1.13 bits per heavy atom. The molecule has 118 valence electrons. The number of hydrogen-bond donors (Lipinski definition) is 1.